The maximum atomic E-state index is 13.9. The minimum Gasteiger partial charge on any atom is -0.493 e. The van der Waals surface area contributed by atoms with E-state index >= 15 is 0 Å². The zero-order chi connectivity index (χ0) is 27.6. The summed E-state index contributed by atoms with van der Waals surface area (Å²) < 4.78 is 10.8. The monoisotopic (exact) mass is 528 g/mol. The predicted octanol–water partition coefficient (Wildman–Crippen LogP) is 5.64. The van der Waals surface area contributed by atoms with Crippen LogP contribution < -0.4 is 14.8 Å². The summed E-state index contributed by atoms with van der Waals surface area (Å²) in [4.78, 5) is 29.5. The van der Waals surface area contributed by atoms with E-state index in [1.165, 1.54) is 0 Å². The average molecular weight is 529 g/mol. The second kappa shape index (κ2) is 13.8. The second-order valence-corrected chi connectivity index (χ2v) is 10.4. The number of nitrogens with one attached hydrogen (secondary N) is 1. The van der Waals surface area contributed by atoms with Crippen molar-refractivity contribution in [2.75, 3.05) is 14.2 Å². The molecule has 1 aliphatic rings. The maximum Gasteiger partial charge on any atom is 0.243 e. The molecule has 1 fully saturated rings. The highest BCUT2D eigenvalue weighted by atomic mass is 16.5. The zero-order valence-corrected chi connectivity index (χ0v) is 23.3. The molecule has 0 radical (unpaired) electrons. The van der Waals surface area contributed by atoms with Crippen molar-refractivity contribution in [3.05, 3.63) is 95.1 Å². The van der Waals surface area contributed by atoms with Crippen LogP contribution in [0.2, 0.25) is 0 Å². The van der Waals surface area contributed by atoms with E-state index in [-0.39, 0.29) is 24.3 Å². The molecule has 1 atom stereocenters. The van der Waals surface area contributed by atoms with E-state index < -0.39 is 6.04 Å². The summed E-state index contributed by atoms with van der Waals surface area (Å²) in [6.07, 6.45) is 5.53. The van der Waals surface area contributed by atoms with Crippen LogP contribution in [0.1, 0.15) is 54.4 Å². The SMILES string of the molecule is COc1ccc(CCC(=O)N(Cc2ccc(C)cc2)[C@H](Cc2ccccc2)C(=O)NC2CCCC2)cc1OC. The number of amides is 2. The van der Waals surface area contributed by atoms with Crippen molar-refractivity contribution in [3.63, 3.8) is 0 Å². The van der Waals surface area contributed by atoms with Gasteiger partial charge in [-0.3, -0.25) is 9.59 Å². The molecule has 1 N–H and O–H groups in total. The molecule has 6 nitrogen and oxygen atoms in total. The van der Waals surface area contributed by atoms with Crippen LogP contribution in [0.3, 0.4) is 0 Å². The molecular formula is C33H40N2O4. The lowest BCUT2D eigenvalue weighted by Crippen LogP contribution is -2.52. The molecule has 0 heterocycles. The highest BCUT2D eigenvalue weighted by Gasteiger charge is 2.32. The van der Waals surface area contributed by atoms with Gasteiger partial charge in [0.05, 0.1) is 14.2 Å². The first-order chi connectivity index (χ1) is 19.0. The molecule has 4 rings (SSSR count). The smallest absolute Gasteiger partial charge is 0.243 e. The summed E-state index contributed by atoms with van der Waals surface area (Å²) >= 11 is 0. The standard InChI is InChI=1S/C33H40N2O4/c1-24-13-15-27(16-14-24)23-35(32(36)20-18-26-17-19-30(38-2)31(22-26)39-3)29(21-25-9-5-4-6-10-25)33(37)34-28-11-7-8-12-28/h4-6,9-10,13-17,19,22,28-29H,7-8,11-12,18,20-21,23H2,1-3H3,(H,34,37)/t29-/m1/s1. The van der Waals surface area contributed by atoms with E-state index in [1.807, 2.05) is 79.7 Å². The molecule has 0 saturated heterocycles. The second-order valence-electron chi connectivity index (χ2n) is 10.4. The van der Waals surface area contributed by atoms with Gasteiger partial charge in [0.25, 0.3) is 0 Å². The number of methoxy groups -OCH3 is 2. The summed E-state index contributed by atoms with van der Waals surface area (Å²) in [6.45, 7) is 2.42. The van der Waals surface area contributed by atoms with E-state index in [2.05, 4.69) is 5.32 Å². The van der Waals surface area contributed by atoms with Gasteiger partial charge in [-0.15, -0.1) is 0 Å². The Morgan fingerprint density at radius 3 is 2.21 bits per heavy atom. The minimum absolute atomic E-state index is 0.0483. The van der Waals surface area contributed by atoms with Gasteiger partial charge in [0.2, 0.25) is 11.8 Å². The van der Waals surface area contributed by atoms with Crippen molar-refractivity contribution >= 4 is 11.8 Å². The fourth-order valence-electron chi connectivity index (χ4n) is 5.24. The Hall–Kier alpha value is -3.80. The van der Waals surface area contributed by atoms with Crippen LogP contribution in [0, 0.1) is 6.92 Å². The number of rotatable bonds is 12. The Morgan fingerprint density at radius 1 is 0.872 bits per heavy atom. The van der Waals surface area contributed by atoms with Gasteiger partial charge >= 0.3 is 0 Å². The number of hydrogen-bond donors (Lipinski definition) is 1. The quantitative estimate of drug-likeness (QED) is 0.330. The fourth-order valence-corrected chi connectivity index (χ4v) is 5.24. The van der Waals surface area contributed by atoms with Crippen molar-refractivity contribution in [1.82, 2.24) is 10.2 Å². The van der Waals surface area contributed by atoms with E-state index in [0.29, 0.717) is 30.9 Å². The number of benzene rings is 3. The Bertz CT molecular complexity index is 1220. The molecular weight excluding hydrogens is 488 g/mol. The molecule has 206 valence electrons. The Morgan fingerprint density at radius 2 is 1.54 bits per heavy atom. The number of carbonyl (C=O) groups excluding carboxylic acids is 2. The van der Waals surface area contributed by atoms with Crippen molar-refractivity contribution < 1.29 is 19.1 Å². The summed E-state index contributed by atoms with van der Waals surface area (Å²) in [7, 11) is 3.21. The molecule has 1 saturated carbocycles. The van der Waals surface area contributed by atoms with Crippen LogP contribution in [-0.2, 0) is 29.0 Å². The van der Waals surface area contributed by atoms with Gasteiger partial charge in [-0.2, -0.15) is 0 Å². The predicted molar refractivity (Wildman–Crippen MR) is 154 cm³/mol. The zero-order valence-electron chi connectivity index (χ0n) is 23.3. The third-order valence-corrected chi connectivity index (χ3v) is 7.52. The third-order valence-electron chi connectivity index (χ3n) is 7.52. The lowest BCUT2D eigenvalue weighted by Gasteiger charge is -2.32. The Balaban J connectivity index is 1.60. The molecule has 39 heavy (non-hydrogen) atoms. The number of carbonyl (C=O) groups is 2. The largest absolute Gasteiger partial charge is 0.493 e. The van der Waals surface area contributed by atoms with E-state index in [4.69, 9.17) is 9.47 Å². The Labute approximate surface area is 232 Å². The summed E-state index contributed by atoms with van der Waals surface area (Å²) in [5.41, 5.74) is 4.17. The number of ether oxygens (including phenoxy) is 2. The highest BCUT2D eigenvalue weighted by Crippen LogP contribution is 2.28. The normalized spacial score (nSPS) is 14.0. The van der Waals surface area contributed by atoms with E-state index in [9.17, 15) is 9.59 Å². The van der Waals surface area contributed by atoms with Crippen molar-refractivity contribution in [1.29, 1.82) is 0 Å². The first-order valence-corrected chi connectivity index (χ1v) is 13.9. The number of hydrogen-bond acceptors (Lipinski definition) is 4. The lowest BCUT2D eigenvalue weighted by atomic mass is 10.0. The van der Waals surface area contributed by atoms with Crippen molar-refractivity contribution in [3.8, 4) is 11.5 Å². The van der Waals surface area contributed by atoms with Gasteiger partial charge in [0.1, 0.15) is 6.04 Å². The minimum atomic E-state index is -0.604. The molecule has 0 bridgehead atoms. The topological polar surface area (TPSA) is 67.9 Å². The number of aryl methyl sites for hydroxylation is 2. The molecule has 0 unspecified atom stereocenters. The van der Waals surface area contributed by atoms with Crippen molar-refractivity contribution in [2.45, 2.75) is 70.5 Å². The van der Waals surface area contributed by atoms with E-state index in [1.54, 1.807) is 19.1 Å². The maximum absolute atomic E-state index is 13.9. The third kappa shape index (κ3) is 7.85. The fraction of sp³-hybridized carbons (Fsp3) is 0.394. The molecule has 3 aromatic rings. The van der Waals surface area contributed by atoms with Gasteiger partial charge in [-0.1, -0.05) is 79.1 Å². The van der Waals surface area contributed by atoms with Crippen LogP contribution in [0.25, 0.3) is 0 Å². The van der Waals surface area contributed by atoms with Gasteiger partial charge in [0, 0.05) is 25.4 Å². The highest BCUT2D eigenvalue weighted by molar-refractivity contribution is 5.88. The Kier molecular flexibility index (Phi) is 10.0. The molecule has 1 aliphatic carbocycles. The van der Waals surface area contributed by atoms with Crippen LogP contribution in [-0.4, -0.2) is 43.0 Å². The molecule has 0 aromatic heterocycles. The molecule has 2 amide bonds. The first kappa shape index (κ1) is 28.2. The van der Waals surface area contributed by atoms with Crippen LogP contribution in [0.5, 0.6) is 11.5 Å². The molecule has 0 spiro atoms. The first-order valence-electron chi connectivity index (χ1n) is 13.9. The number of nitrogens with zero attached hydrogens (tertiary/aromatic N) is 1. The average Bonchev–Trinajstić information content (AvgIpc) is 3.48. The summed E-state index contributed by atoms with van der Waals surface area (Å²) in [6, 6.07) is 23.4. The van der Waals surface area contributed by atoms with Crippen LogP contribution in [0.15, 0.2) is 72.8 Å². The van der Waals surface area contributed by atoms with Crippen LogP contribution >= 0.6 is 0 Å². The van der Waals surface area contributed by atoms with Gasteiger partial charge in [-0.05, 0) is 55.0 Å². The van der Waals surface area contributed by atoms with Gasteiger partial charge in [0.15, 0.2) is 11.5 Å². The summed E-state index contributed by atoms with van der Waals surface area (Å²) in [5.74, 6) is 1.17. The molecule has 0 aliphatic heterocycles. The lowest BCUT2D eigenvalue weighted by molar-refractivity contribution is -0.141. The summed E-state index contributed by atoms with van der Waals surface area (Å²) in [5, 5.41) is 3.27. The van der Waals surface area contributed by atoms with Gasteiger partial charge in [-0.25, -0.2) is 0 Å². The molecule has 3 aromatic carbocycles. The van der Waals surface area contributed by atoms with Crippen LogP contribution in [0.4, 0.5) is 0 Å². The van der Waals surface area contributed by atoms with Crippen molar-refractivity contribution in [2.24, 2.45) is 0 Å². The van der Waals surface area contributed by atoms with E-state index in [0.717, 1.165) is 47.9 Å². The molecule has 6 heteroatoms. The van der Waals surface area contributed by atoms with Gasteiger partial charge < -0.3 is 19.7 Å².